The molecule has 64 heavy (non-hydrogen) atoms. The summed E-state index contributed by atoms with van der Waals surface area (Å²) in [5.41, 5.74) is 0. The summed E-state index contributed by atoms with van der Waals surface area (Å²) in [4.78, 5) is 38.0. The van der Waals surface area contributed by atoms with Gasteiger partial charge in [-0.3, -0.25) is 14.4 Å². The summed E-state index contributed by atoms with van der Waals surface area (Å²) in [7, 11) is 0. The largest absolute Gasteiger partial charge is 0.462 e. The minimum absolute atomic E-state index is 0.0799. The van der Waals surface area contributed by atoms with Gasteiger partial charge in [-0.15, -0.1) is 0 Å². The van der Waals surface area contributed by atoms with Gasteiger partial charge in [-0.25, -0.2) is 0 Å². The summed E-state index contributed by atoms with van der Waals surface area (Å²) >= 11 is 0. The van der Waals surface area contributed by atoms with Gasteiger partial charge in [-0.1, -0.05) is 249 Å². The van der Waals surface area contributed by atoms with Gasteiger partial charge in [0.2, 0.25) is 0 Å². The Morgan fingerprint density at radius 1 is 0.312 bits per heavy atom. The second kappa shape index (κ2) is 53.0. The van der Waals surface area contributed by atoms with E-state index in [1.807, 2.05) is 0 Å². The molecule has 0 aromatic carbocycles. The minimum Gasteiger partial charge on any atom is -0.462 e. The van der Waals surface area contributed by atoms with E-state index in [9.17, 15) is 14.4 Å². The second-order valence-corrected chi connectivity index (χ2v) is 18.5. The van der Waals surface area contributed by atoms with Crippen LogP contribution in [0, 0.1) is 0 Å². The number of esters is 3. The van der Waals surface area contributed by atoms with Gasteiger partial charge in [-0.2, -0.15) is 0 Å². The van der Waals surface area contributed by atoms with Crippen LogP contribution in [0.3, 0.4) is 0 Å². The van der Waals surface area contributed by atoms with E-state index in [2.05, 4.69) is 69.4 Å². The highest BCUT2D eigenvalue weighted by Gasteiger charge is 2.19. The minimum atomic E-state index is -0.781. The summed E-state index contributed by atoms with van der Waals surface area (Å²) < 4.78 is 16.8. The molecule has 0 aromatic rings. The van der Waals surface area contributed by atoms with Crippen molar-refractivity contribution in [2.45, 2.75) is 290 Å². The first-order chi connectivity index (χ1) is 31.5. The summed E-state index contributed by atoms with van der Waals surface area (Å²) in [6, 6.07) is 0. The molecule has 0 radical (unpaired) electrons. The molecule has 0 spiro atoms. The van der Waals surface area contributed by atoms with E-state index in [0.29, 0.717) is 19.3 Å². The fourth-order valence-electron chi connectivity index (χ4n) is 7.90. The van der Waals surface area contributed by atoms with Gasteiger partial charge >= 0.3 is 17.9 Å². The Balaban J connectivity index is 4.33. The van der Waals surface area contributed by atoms with Crippen molar-refractivity contribution in [1.82, 2.24) is 0 Å². The number of carbonyl (C=O) groups excluding carboxylic acids is 3. The molecule has 0 saturated heterocycles. The number of rotatable bonds is 50. The van der Waals surface area contributed by atoms with E-state index in [0.717, 1.165) is 83.5 Å². The Hall–Kier alpha value is -2.63. The van der Waals surface area contributed by atoms with Crippen molar-refractivity contribution in [2.75, 3.05) is 13.2 Å². The lowest BCUT2D eigenvalue weighted by atomic mass is 10.0. The molecule has 6 heteroatoms. The van der Waals surface area contributed by atoms with Crippen LogP contribution >= 0.6 is 0 Å². The Labute approximate surface area is 397 Å². The molecule has 0 unspecified atom stereocenters. The van der Waals surface area contributed by atoms with Crippen LogP contribution in [-0.4, -0.2) is 37.2 Å². The maximum atomic E-state index is 12.8. The molecule has 0 fully saturated rings. The van der Waals surface area contributed by atoms with E-state index in [1.54, 1.807) is 0 Å². The lowest BCUT2D eigenvalue weighted by Crippen LogP contribution is -2.30. The van der Waals surface area contributed by atoms with Crippen LogP contribution in [-0.2, 0) is 28.6 Å². The standard InChI is InChI=1S/C58H104O6/c1-4-7-10-13-16-19-21-23-25-27-29-31-32-34-36-39-42-45-48-51-57(60)63-54-55(53-62-56(59)50-47-44-41-38-18-15-12-9-6-3)64-58(61)52-49-46-43-40-37-35-33-30-28-26-24-22-20-17-14-11-8-5-2/h16,19,23,25,29,31,34,36,55H,4-15,17-18,20-22,24,26-28,30,32-33,35,37-54H2,1-3H3/b19-16-,25-23-,31-29-,36-34-/t55-/m1/s1. The third-order valence-electron chi connectivity index (χ3n) is 12.1. The predicted octanol–water partition coefficient (Wildman–Crippen LogP) is 18.3. The number of carbonyl (C=O) groups is 3. The maximum absolute atomic E-state index is 12.8. The summed E-state index contributed by atoms with van der Waals surface area (Å²) in [5.74, 6) is -0.902. The van der Waals surface area contributed by atoms with Crippen LogP contribution < -0.4 is 0 Å². The third-order valence-corrected chi connectivity index (χ3v) is 12.1. The van der Waals surface area contributed by atoms with Crippen molar-refractivity contribution in [1.29, 1.82) is 0 Å². The first kappa shape index (κ1) is 61.4. The second-order valence-electron chi connectivity index (χ2n) is 18.5. The fourth-order valence-corrected chi connectivity index (χ4v) is 7.90. The molecule has 0 aliphatic carbocycles. The average Bonchev–Trinajstić information content (AvgIpc) is 3.29. The number of allylic oxidation sites excluding steroid dienone is 8. The number of unbranched alkanes of at least 4 members (excludes halogenated alkanes) is 31. The van der Waals surface area contributed by atoms with E-state index >= 15 is 0 Å². The molecule has 372 valence electrons. The Kier molecular flexibility index (Phi) is 50.8. The summed E-state index contributed by atoms with van der Waals surface area (Å²) in [5, 5.41) is 0. The average molecular weight is 897 g/mol. The smallest absolute Gasteiger partial charge is 0.306 e. The molecule has 0 aliphatic rings. The van der Waals surface area contributed by atoms with Crippen LogP contribution in [0.25, 0.3) is 0 Å². The van der Waals surface area contributed by atoms with E-state index in [1.165, 1.54) is 161 Å². The molecule has 0 bridgehead atoms. The van der Waals surface area contributed by atoms with Crippen molar-refractivity contribution >= 4 is 17.9 Å². The maximum Gasteiger partial charge on any atom is 0.306 e. The third kappa shape index (κ3) is 50.4. The molecule has 0 amide bonds. The highest BCUT2D eigenvalue weighted by Crippen LogP contribution is 2.16. The van der Waals surface area contributed by atoms with Crippen LogP contribution in [0.1, 0.15) is 284 Å². The molecule has 6 nitrogen and oxygen atoms in total. The summed E-state index contributed by atoms with van der Waals surface area (Å²) in [6.07, 6.45) is 63.9. The molecule has 0 N–H and O–H groups in total. The molecule has 0 heterocycles. The fraction of sp³-hybridized carbons (Fsp3) is 0.810. The molecule has 0 saturated carbocycles. The van der Waals surface area contributed by atoms with E-state index in [4.69, 9.17) is 14.2 Å². The van der Waals surface area contributed by atoms with Crippen molar-refractivity contribution in [2.24, 2.45) is 0 Å². The predicted molar refractivity (Wildman–Crippen MR) is 275 cm³/mol. The van der Waals surface area contributed by atoms with Gasteiger partial charge in [-0.05, 0) is 64.2 Å². The molecule has 0 aliphatic heterocycles. The Morgan fingerprint density at radius 3 is 0.906 bits per heavy atom. The number of hydrogen-bond acceptors (Lipinski definition) is 6. The van der Waals surface area contributed by atoms with Gasteiger partial charge in [0.1, 0.15) is 13.2 Å². The normalized spacial score (nSPS) is 12.4. The lowest BCUT2D eigenvalue weighted by Gasteiger charge is -2.18. The van der Waals surface area contributed by atoms with Crippen molar-refractivity contribution in [3.63, 3.8) is 0 Å². The molecular formula is C58H104O6. The molecule has 0 aromatic heterocycles. The summed E-state index contributed by atoms with van der Waals surface area (Å²) in [6.45, 7) is 6.59. The van der Waals surface area contributed by atoms with Gasteiger partial charge in [0.15, 0.2) is 6.10 Å². The highest BCUT2D eigenvalue weighted by atomic mass is 16.6. The van der Waals surface area contributed by atoms with Gasteiger partial charge < -0.3 is 14.2 Å². The first-order valence-corrected chi connectivity index (χ1v) is 27.6. The lowest BCUT2D eigenvalue weighted by molar-refractivity contribution is -0.167. The Morgan fingerprint density at radius 2 is 0.562 bits per heavy atom. The number of hydrogen-bond donors (Lipinski definition) is 0. The van der Waals surface area contributed by atoms with Crippen LogP contribution in [0.5, 0.6) is 0 Å². The molecule has 0 rings (SSSR count). The molecule has 1 atom stereocenters. The SMILES string of the molecule is CCCCC/C=C\C/C=C\C/C=C\C/C=C\CCCCCC(=O)OC[C@@H](COC(=O)CCCCCCCCCCC)OC(=O)CCCCCCCCCCCCCCCCCCCC. The monoisotopic (exact) mass is 897 g/mol. The zero-order valence-electron chi connectivity index (χ0n) is 42.6. The number of ether oxygens (including phenoxy) is 3. The Bertz CT molecular complexity index is 1120. The van der Waals surface area contributed by atoms with Gasteiger partial charge in [0.05, 0.1) is 0 Å². The van der Waals surface area contributed by atoms with E-state index in [-0.39, 0.29) is 31.1 Å². The van der Waals surface area contributed by atoms with Crippen LogP contribution in [0.15, 0.2) is 48.6 Å². The van der Waals surface area contributed by atoms with Gasteiger partial charge in [0.25, 0.3) is 0 Å². The van der Waals surface area contributed by atoms with Crippen LogP contribution in [0.4, 0.5) is 0 Å². The molecular weight excluding hydrogens is 793 g/mol. The van der Waals surface area contributed by atoms with Gasteiger partial charge in [0, 0.05) is 19.3 Å². The zero-order chi connectivity index (χ0) is 46.5. The van der Waals surface area contributed by atoms with Crippen LogP contribution in [0.2, 0.25) is 0 Å². The van der Waals surface area contributed by atoms with Crippen molar-refractivity contribution in [3.05, 3.63) is 48.6 Å². The van der Waals surface area contributed by atoms with Crippen molar-refractivity contribution in [3.8, 4) is 0 Å². The highest BCUT2D eigenvalue weighted by molar-refractivity contribution is 5.71. The first-order valence-electron chi connectivity index (χ1n) is 27.6. The topological polar surface area (TPSA) is 78.9 Å². The quantitative estimate of drug-likeness (QED) is 0.0262. The van der Waals surface area contributed by atoms with Crippen molar-refractivity contribution < 1.29 is 28.6 Å². The zero-order valence-corrected chi connectivity index (χ0v) is 42.6. The van der Waals surface area contributed by atoms with E-state index < -0.39 is 6.10 Å².